The molecule has 4 nitrogen and oxygen atoms in total. The molecule has 174 valence electrons. The van der Waals surface area contributed by atoms with Gasteiger partial charge in [-0.2, -0.15) is 0 Å². The van der Waals surface area contributed by atoms with E-state index in [0.717, 1.165) is 29.3 Å². The molecule has 0 aliphatic heterocycles. The zero-order valence-corrected chi connectivity index (χ0v) is 18.9. The number of aryl methyl sites for hydroxylation is 1. The normalized spacial score (nSPS) is 10.9. The summed E-state index contributed by atoms with van der Waals surface area (Å²) in [6, 6.07) is 16.3. The summed E-state index contributed by atoms with van der Waals surface area (Å²) >= 11 is 6.02. The van der Waals surface area contributed by atoms with Gasteiger partial charge in [0.15, 0.2) is 0 Å². The summed E-state index contributed by atoms with van der Waals surface area (Å²) in [4.78, 5) is 12.6. The summed E-state index contributed by atoms with van der Waals surface area (Å²) < 4.78 is 48.5. The molecule has 0 bridgehead atoms. The molecule has 4 rings (SSSR count). The number of nitrogens with zero attached hydrogens (tertiary/aromatic N) is 1. The van der Waals surface area contributed by atoms with Crippen LogP contribution in [0, 0.1) is 24.4 Å². The van der Waals surface area contributed by atoms with Gasteiger partial charge in [0.2, 0.25) is 5.88 Å². The zero-order valence-electron chi connectivity index (χ0n) is 18.1. The molecule has 1 heterocycles. The van der Waals surface area contributed by atoms with E-state index < -0.39 is 17.7 Å². The Balaban J connectivity index is 1.64. The minimum absolute atomic E-state index is 0.124. The van der Waals surface area contributed by atoms with E-state index in [2.05, 4.69) is 5.32 Å². The number of rotatable bonds is 6. The lowest BCUT2D eigenvalue weighted by molar-refractivity contribution is 0.196. The Morgan fingerprint density at radius 3 is 2.35 bits per heavy atom. The van der Waals surface area contributed by atoms with Crippen molar-refractivity contribution in [1.82, 2.24) is 9.88 Å². The Kier molecular flexibility index (Phi) is 6.93. The highest BCUT2D eigenvalue weighted by molar-refractivity contribution is 6.30. The van der Waals surface area contributed by atoms with E-state index in [1.54, 1.807) is 53.2 Å². The Hall–Kier alpha value is -3.71. The summed E-state index contributed by atoms with van der Waals surface area (Å²) in [5.74, 6) is -1.68. The highest BCUT2D eigenvalue weighted by atomic mass is 35.5. The van der Waals surface area contributed by atoms with Crippen LogP contribution in [0.3, 0.4) is 0 Å². The van der Waals surface area contributed by atoms with Crippen molar-refractivity contribution in [3.63, 3.8) is 0 Å². The number of ether oxygens (including phenoxy) is 1. The van der Waals surface area contributed by atoms with Crippen LogP contribution in [0.1, 0.15) is 16.7 Å². The van der Waals surface area contributed by atoms with Crippen LogP contribution in [-0.4, -0.2) is 10.7 Å². The molecule has 0 unspecified atom stereocenters. The number of aromatic nitrogens is 1. The Morgan fingerprint density at radius 2 is 1.68 bits per heavy atom. The summed E-state index contributed by atoms with van der Waals surface area (Å²) in [5, 5.41) is 3.05. The van der Waals surface area contributed by atoms with Crippen LogP contribution in [0.2, 0.25) is 5.02 Å². The van der Waals surface area contributed by atoms with Gasteiger partial charge in [0, 0.05) is 35.0 Å². The number of carbonyl (C=O) groups is 1. The molecule has 4 aromatic rings. The quantitative estimate of drug-likeness (QED) is 0.324. The molecule has 0 aliphatic carbocycles. The third-order valence-electron chi connectivity index (χ3n) is 5.20. The average molecular weight is 485 g/mol. The summed E-state index contributed by atoms with van der Waals surface area (Å²) in [6.45, 7) is 1.83. The van der Waals surface area contributed by atoms with Crippen molar-refractivity contribution < 1.29 is 22.7 Å². The standard InChI is InChI=1S/C26H20ClF3N2O2/c1-16-14-32(15-19-4-2-3-5-23(19)30)25(24(16)18-6-8-20(27)9-7-18)34-26(33)31-13-17-10-21(28)12-22(29)11-17/h2-12,14H,13,15H2,1H3,(H,31,33). The Morgan fingerprint density at radius 1 is 1.00 bits per heavy atom. The zero-order chi connectivity index (χ0) is 24.2. The minimum atomic E-state index is -0.826. The fraction of sp³-hybridized carbons (Fsp3) is 0.115. The molecule has 1 amide bonds. The van der Waals surface area contributed by atoms with Crippen LogP contribution in [0.25, 0.3) is 11.1 Å². The van der Waals surface area contributed by atoms with Crippen LogP contribution >= 0.6 is 11.6 Å². The number of carbonyl (C=O) groups excluding carboxylic acids is 1. The molecule has 0 radical (unpaired) electrons. The average Bonchev–Trinajstić information content (AvgIpc) is 3.08. The van der Waals surface area contributed by atoms with E-state index in [-0.39, 0.29) is 30.4 Å². The molecule has 1 N–H and O–H groups in total. The molecule has 0 saturated heterocycles. The number of amides is 1. The molecule has 0 fully saturated rings. The van der Waals surface area contributed by atoms with Crippen LogP contribution < -0.4 is 10.1 Å². The number of halogens is 4. The van der Waals surface area contributed by atoms with Crippen molar-refractivity contribution in [2.45, 2.75) is 20.0 Å². The third kappa shape index (κ3) is 5.43. The highest BCUT2D eigenvalue weighted by Gasteiger charge is 2.20. The van der Waals surface area contributed by atoms with Gasteiger partial charge < -0.3 is 14.6 Å². The Labute approximate surface area is 199 Å². The first-order chi connectivity index (χ1) is 16.3. The molecule has 1 aromatic heterocycles. The molecule has 0 atom stereocenters. The lowest BCUT2D eigenvalue weighted by atomic mass is 10.1. The summed E-state index contributed by atoms with van der Waals surface area (Å²) in [5.41, 5.74) is 2.85. The molecule has 0 saturated carbocycles. The van der Waals surface area contributed by atoms with Crippen LogP contribution in [0.5, 0.6) is 5.88 Å². The first-order valence-corrected chi connectivity index (χ1v) is 10.8. The number of nitrogens with one attached hydrogen (secondary N) is 1. The topological polar surface area (TPSA) is 43.3 Å². The SMILES string of the molecule is Cc1cn(Cc2ccccc2F)c(OC(=O)NCc2cc(F)cc(F)c2)c1-c1ccc(Cl)cc1. The smallest absolute Gasteiger partial charge is 0.392 e. The van der Waals surface area contributed by atoms with Gasteiger partial charge in [-0.3, -0.25) is 0 Å². The van der Waals surface area contributed by atoms with Crippen molar-refractivity contribution in [2.75, 3.05) is 0 Å². The molecular weight excluding hydrogens is 465 g/mol. The third-order valence-corrected chi connectivity index (χ3v) is 5.45. The van der Waals surface area contributed by atoms with Crippen molar-refractivity contribution in [3.8, 4) is 17.0 Å². The molecular formula is C26H20ClF3N2O2. The van der Waals surface area contributed by atoms with Crippen LogP contribution in [-0.2, 0) is 13.1 Å². The maximum Gasteiger partial charge on any atom is 0.414 e. The minimum Gasteiger partial charge on any atom is -0.392 e. The monoisotopic (exact) mass is 484 g/mol. The van der Waals surface area contributed by atoms with Crippen LogP contribution in [0.4, 0.5) is 18.0 Å². The van der Waals surface area contributed by atoms with Gasteiger partial charge in [0.05, 0.1) is 6.54 Å². The molecule has 34 heavy (non-hydrogen) atoms. The lowest BCUT2D eigenvalue weighted by Gasteiger charge is -2.13. The number of hydrogen-bond donors (Lipinski definition) is 1. The fourth-order valence-electron chi connectivity index (χ4n) is 3.69. The van der Waals surface area contributed by atoms with Gasteiger partial charge in [-0.05, 0) is 53.9 Å². The second kappa shape index (κ2) is 10.1. The van der Waals surface area contributed by atoms with Gasteiger partial charge in [-0.15, -0.1) is 0 Å². The van der Waals surface area contributed by atoms with Crippen molar-refractivity contribution in [1.29, 1.82) is 0 Å². The summed E-state index contributed by atoms with van der Waals surface area (Å²) in [7, 11) is 0. The van der Waals surface area contributed by atoms with Gasteiger partial charge in [0.25, 0.3) is 0 Å². The fourth-order valence-corrected chi connectivity index (χ4v) is 3.81. The first-order valence-electron chi connectivity index (χ1n) is 10.4. The second-order valence-electron chi connectivity index (χ2n) is 7.74. The van der Waals surface area contributed by atoms with Crippen molar-refractivity contribution in [2.24, 2.45) is 0 Å². The van der Waals surface area contributed by atoms with Crippen LogP contribution in [0.15, 0.2) is 72.9 Å². The van der Waals surface area contributed by atoms with Gasteiger partial charge in [0.1, 0.15) is 17.5 Å². The van der Waals surface area contributed by atoms with E-state index >= 15 is 0 Å². The maximum atomic E-state index is 14.3. The van der Waals surface area contributed by atoms with Crippen molar-refractivity contribution in [3.05, 3.63) is 112 Å². The molecule has 0 aliphatic rings. The summed E-state index contributed by atoms with van der Waals surface area (Å²) in [6.07, 6.45) is 0.939. The number of benzene rings is 3. The molecule has 3 aromatic carbocycles. The largest absolute Gasteiger partial charge is 0.414 e. The lowest BCUT2D eigenvalue weighted by Crippen LogP contribution is -2.27. The predicted molar refractivity (Wildman–Crippen MR) is 124 cm³/mol. The molecule has 0 spiro atoms. The van der Waals surface area contributed by atoms with E-state index in [9.17, 15) is 18.0 Å². The molecule has 8 heteroatoms. The van der Waals surface area contributed by atoms with E-state index in [0.29, 0.717) is 16.1 Å². The highest BCUT2D eigenvalue weighted by Crippen LogP contribution is 2.36. The van der Waals surface area contributed by atoms with E-state index in [4.69, 9.17) is 16.3 Å². The predicted octanol–water partition coefficient (Wildman–Crippen LogP) is 6.87. The van der Waals surface area contributed by atoms with E-state index in [1.165, 1.54) is 6.07 Å². The van der Waals surface area contributed by atoms with Gasteiger partial charge >= 0.3 is 6.09 Å². The first kappa shape index (κ1) is 23.4. The van der Waals surface area contributed by atoms with Gasteiger partial charge in [-0.1, -0.05) is 41.9 Å². The number of hydrogen-bond acceptors (Lipinski definition) is 2. The second-order valence-corrected chi connectivity index (χ2v) is 8.18. The van der Waals surface area contributed by atoms with E-state index in [1.807, 2.05) is 6.92 Å². The maximum absolute atomic E-state index is 14.3. The van der Waals surface area contributed by atoms with Crippen molar-refractivity contribution >= 4 is 17.7 Å². The Bertz CT molecular complexity index is 1320. The van der Waals surface area contributed by atoms with Gasteiger partial charge in [-0.25, -0.2) is 18.0 Å².